The van der Waals surface area contributed by atoms with E-state index in [-0.39, 0.29) is 11.3 Å². The number of nitrogens with one attached hydrogen (secondary N) is 1. The van der Waals surface area contributed by atoms with Crippen LogP contribution in [0.5, 0.6) is 0 Å². The Labute approximate surface area is 174 Å². The quantitative estimate of drug-likeness (QED) is 0.812. The lowest BCUT2D eigenvalue weighted by Crippen LogP contribution is -2.37. The molecular formula is C25H33N3O. The minimum absolute atomic E-state index is 0.120. The third-order valence-electron chi connectivity index (χ3n) is 6.29. The van der Waals surface area contributed by atoms with Crippen LogP contribution in [-0.2, 0) is 18.4 Å². The van der Waals surface area contributed by atoms with Gasteiger partial charge in [0.1, 0.15) is 0 Å². The minimum Gasteiger partial charge on any atom is -0.334 e. The number of nitrogens with zero attached hydrogens (tertiary/aromatic N) is 2. The molecule has 0 radical (unpaired) electrons. The Morgan fingerprint density at radius 1 is 1.14 bits per heavy atom. The molecule has 1 N–H and O–H groups in total. The fourth-order valence-corrected chi connectivity index (χ4v) is 4.71. The molecule has 0 aliphatic carbocycles. The number of rotatable bonds is 2. The molecule has 2 aliphatic rings. The zero-order chi connectivity index (χ0) is 20.8. The van der Waals surface area contributed by atoms with Crippen molar-refractivity contribution in [2.45, 2.75) is 71.9 Å². The minimum atomic E-state index is 0.120. The molecule has 0 bridgehead atoms. The summed E-state index contributed by atoms with van der Waals surface area (Å²) in [7, 11) is 0. The fraction of sp³-hybridized carbons (Fsp3) is 0.520. The molecule has 1 aromatic heterocycles. The Morgan fingerprint density at radius 3 is 2.48 bits per heavy atom. The maximum atomic E-state index is 13.3. The number of hydrogen-bond donors (Lipinski definition) is 1. The number of aryl methyl sites for hydroxylation is 2. The van der Waals surface area contributed by atoms with E-state index in [1.54, 1.807) is 0 Å². The van der Waals surface area contributed by atoms with Gasteiger partial charge in [0.2, 0.25) is 0 Å². The first-order chi connectivity index (χ1) is 13.7. The highest BCUT2D eigenvalue weighted by Gasteiger charge is 2.29. The number of fused-ring (bicyclic) bond motifs is 1. The van der Waals surface area contributed by atoms with Gasteiger partial charge < -0.3 is 10.2 Å². The Morgan fingerprint density at radius 2 is 1.86 bits per heavy atom. The molecule has 29 heavy (non-hydrogen) atoms. The van der Waals surface area contributed by atoms with Crippen molar-refractivity contribution >= 4 is 5.91 Å². The number of pyridine rings is 1. The summed E-state index contributed by atoms with van der Waals surface area (Å²) in [5, 5.41) is 3.68. The van der Waals surface area contributed by atoms with Gasteiger partial charge in [-0.2, -0.15) is 0 Å². The average molecular weight is 392 g/mol. The van der Waals surface area contributed by atoms with Gasteiger partial charge in [0, 0.05) is 36.1 Å². The van der Waals surface area contributed by atoms with E-state index in [9.17, 15) is 4.79 Å². The summed E-state index contributed by atoms with van der Waals surface area (Å²) in [4.78, 5) is 19.7. The van der Waals surface area contributed by atoms with Gasteiger partial charge in [0.15, 0.2) is 0 Å². The third kappa shape index (κ3) is 4.09. The second kappa shape index (κ2) is 7.56. The zero-order valence-electron chi connectivity index (χ0n) is 18.4. The van der Waals surface area contributed by atoms with Gasteiger partial charge in [0.05, 0.1) is 0 Å². The predicted octanol–water partition coefficient (Wildman–Crippen LogP) is 4.62. The van der Waals surface area contributed by atoms with E-state index in [1.165, 1.54) is 35.1 Å². The summed E-state index contributed by atoms with van der Waals surface area (Å²) in [6.07, 6.45) is 3.32. The van der Waals surface area contributed by atoms with Crippen LogP contribution in [0.25, 0.3) is 0 Å². The number of carbonyl (C=O) groups excluding carboxylic acids is 1. The lowest BCUT2D eigenvalue weighted by Gasteiger charge is -2.34. The molecule has 1 aromatic carbocycles. The van der Waals surface area contributed by atoms with E-state index in [2.05, 4.69) is 43.2 Å². The van der Waals surface area contributed by atoms with Gasteiger partial charge in [-0.15, -0.1) is 0 Å². The first kappa shape index (κ1) is 20.1. The third-order valence-corrected chi connectivity index (χ3v) is 6.29. The molecule has 1 atom stereocenters. The zero-order valence-corrected chi connectivity index (χ0v) is 18.4. The van der Waals surface area contributed by atoms with Crippen molar-refractivity contribution < 1.29 is 4.79 Å². The Kier molecular flexibility index (Phi) is 5.24. The van der Waals surface area contributed by atoms with Crippen molar-refractivity contribution in [3.63, 3.8) is 0 Å². The van der Waals surface area contributed by atoms with Gasteiger partial charge in [-0.25, -0.2) is 0 Å². The van der Waals surface area contributed by atoms with Crippen LogP contribution in [0.1, 0.15) is 83.7 Å². The van der Waals surface area contributed by atoms with Gasteiger partial charge in [-0.1, -0.05) is 32.9 Å². The van der Waals surface area contributed by atoms with Crippen LogP contribution in [0.4, 0.5) is 0 Å². The average Bonchev–Trinajstić information content (AvgIpc) is 3.19. The van der Waals surface area contributed by atoms with Crippen LogP contribution in [0.3, 0.4) is 0 Å². The van der Waals surface area contributed by atoms with Gasteiger partial charge >= 0.3 is 0 Å². The highest BCUT2D eigenvalue weighted by atomic mass is 16.2. The summed E-state index contributed by atoms with van der Waals surface area (Å²) < 4.78 is 0. The molecule has 0 unspecified atom stereocenters. The van der Waals surface area contributed by atoms with Crippen molar-refractivity contribution in [3.8, 4) is 0 Å². The van der Waals surface area contributed by atoms with Crippen LogP contribution >= 0.6 is 0 Å². The molecule has 4 heteroatoms. The maximum Gasteiger partial charge on any atom is 0.254 e. The van der Waals surface area contributed by atoms with E-state index in [0.29, 0.717) is 12.6 Å². The van der Waals surface area contributed by atoms with Crippen molar-refractivity contribution in [1.82, 2.24) is 15.2 Å². The lowest BCUT2D eigenvalue weighted by molar-refractivity contribution is 0.0733. The second-order valence-electron chi connectivity index (χ2n) is 9.72. The van der Waals surface area contributed by atoms with E-state index >= 15 is 0 Å². The standard InChI is InChI=1S/C25H33N3O/c1-16-11-19(12-17(2)27-16)24(29)28-10-8-18-13-20(25(3,4)5)14-21(22(18)15-28)23-7-6-9-26-23/h11-14,23,26H,6-10,15H2,1-5H3/t23-/m0/s1. The molecule has 1 saturated heterocycles. The predicted molar refractivity (Wildman–Crippen MR) is 117 cm³/mol. The monoisotopic (exact) mass is 391 g/mol. The summed E-state index contributed by atoms with van der Waals surface area (Å²) in [5.41, 5.74) is 8.27. The van der Waals surface area contributed by atoms with Crippen LogP contribution in [0, 0.1) is 13.8 Å². The molecule has 0 spiro atoms. The van der Waals surface area contributed by atoms with Gasteiger partial charge in [-0.3, -0.25) is 9.78 Å². The molecule has 0 saturated carbocycles. The summed E-state index contributed by atoms with van der Waals surface area (Å²) in [5.74, 6) is 0.120. The highest BCUT2D eigenvalue weighted by Crippen LogP contribution is 2.36. The molecule has 1 fully saturated rings. The summed E-state index contributed by atoms with van der Waals surface area (Å²) in [6.45, 7) is 13.3. The molecular weight excluding hydrogens is 358 g/mol. The van der Waals surface area contributed by atoms with Crippen LogP contribution < -0.4 is 5.32 Å². The Bertz CT molecular complexity index is 916. The lowest BCUT2D eigenvalue weighted by atomic mass is 9.80. The molecule has 4 rings (SSSR count). The molecule has 4 nitrogen and oxygen atoms in total. The number of benzene rings is 1. The SMILES string of the molecule is Cc1cc(C(=O)N2CCc3cc(C(C)(C)C)cc([C@@H]4CCCN4)c3C2)cc(C)n1. The summed E-state index contributed by atoms with van der Waals surface area (Å²) >= 11 is 0. The smallest absolute Gasteiger partial charge is 0.254 e. The topological polar surface area (TPSA) is 45.2 Å². The molecule has 3 heterocycles. The maximum absolute atomic E-state index is 13.3. The van der Waals surface area contributed by atoms with Crippen LogP contribution in [0.15, 0.2) is 24.3 Å². The van der Waals surface area contributed by atoms with Gasteiger partial charge in [-0.05, 0) is 79.5 Å². The number of aromatic nitrogens is 1. The normalized spacial score (nSPS) is 19.3. The molecule has 1 amide bonds. The van der Waals surface area contributed by atoms with Crippen molar-refractivity contribution in [3.05, 3.63) is 63.5 Å². The molecule has 154 valence electrons. The number of amides is 1. The van der Waals surface area contributed by atoms with E-state index in [0.717, 1.165) is 36.5 Å². The summed E-state index contributed by atoms with van der Waals surface area (Å²) in [6, 6.07) is 9.01. The largest absolute Gasteiger partial charge is 0.334 e. The second-order valence-corrected chi connectivity index (χ2v) is 9.72. The fourth-order valence-electron chi connectivity index (χ4n) is 4.71. The Balaban J connectivity index is 1.70. The van der Waals surface area contributed by atoms with Crippen LogP contribution in [-0.4, -0.2) is 28.9 Å². The van der Waals surface area contributed by atoms with E-state index < -0.39 is 0 Å². The van der Waals surface area contributed by atoms with Gasteiger partial charge in [0.25, 0.3) is 5.91 Å². The van der Waals surface area contributed by atoms with Crippen molar-refractivity contribution in [1.29, 1.82) is 0 Å². The Hall–Kier alpha value is -2.20. The van der Waals surface area contributed by atoms with E-state index in [4.69, 9.17) is 0 Å². The number of carbonyl (C=O) groups is 1. The molecule has 2 aliphatic heterocycles. The highest BCUT2D eigenvalue weighted by molar-refractivity contribution is 5.94. The molecule has 2 aromatic rings. The first-order valence-electron chi connectivity index (χ1n) is 10.9. The van der Waals surface area contributed by atoms with E-state index in [1.807, 2.05) is 30.9 Å². The van der Waals surface area contributed by atoms with Crippen molar-refractivity contribution in [2.24, 2.45) is 0 Å². The van der Waals surface area contributed by atoms with Crippen LogP contribution in [0.2, 0.25) is 0 Å². The first-order valence-corrected chi connectivity index (χ1v) is 10.9. The van der Waals surface area contributed by atoms with Crippen molar-refractivity contribution in [2.75, 3.05) is 13.1 Å². The number of hydrogen-bond acceptors (Lipinski definition) is 3.